The van der Waals surface area contributed by atoms with Crippen molar-refractivity contribution < 1.29 is 9.47 Å². The van der Waals surface area contributed by atoms with Crippen LogP contribution in [0.15, 0.2) is 34.8 Å². The molecule has 2 aromatic rings. The number of hydrogen-bond donors (Lipinski definition) is 1. The highest BCUT2D eigenvalue weighted by Gasteiger charge is 2.47. The van der Waals surface area contributed by atoms with Crippen LogP contribution in [0, 0.1) is 23.7 Å². The van der Waals surface area contributed by atoms with E-state index in [2.05, 4.69) is 21.2 Å². The molecule has 0 atom stereocenters. The van der Waals surface area contributed by atoms with Crippen molar-refractivity contribution in [2.75, 3.05) is 7.11 Å². The Morgan fingerprint density at radius 3 is 2.19 bits per heavy atom. The third-order valence-electron chi connectivity index (χ3n) is 7.55. The highest BCUT2D eigenvalue weighted by atomic mass is 79.9. The molecule has 31 heavy (non-hydrogen) atoms. The molecule has 4 bridgehead atoms. The summed E-state index contributed by atoms with van der Waals surface area (Å²) in [4.78, 5) is 0. The Hall–Kier alpha value is -0.940. The third-order valence-corrected chi connectivity index (χ3v) is 9.00. The van der Waals surface area contributed by atoms with Crippen LogP contribution in [0.3, 0.4) is 0 Å². The molecule has 166 valence electrons. The summed E-state index contributed by atoms with van der Waals surface area (Å²) >= 11 is 16.5. The van der Waals surface area contributed by atoms with Gasteiger partial charge in [0.25, 0.3) is 0 Å². The second-order valence-electron chi connectivity index (χ2n) is 9.38. The molecule has 0 heterocycles. The van der Waals surface area contributed by atoms with Crippen LogP contribution in [0.5, 0.6) is 11.5 Å². The van der Waals surface area contributed by atoms with Gasteiger partial charge >= 0.3 is 0 Å². The highest BCUT2D eigenvalue weighted by molar-refractivity contribution is 9.10. The molecule has 4 aliphatic rings. The summed E-state index contributed by atoms with van der Waals surface area (Å²) in [7, 11) is 1.67. The maximum absolute atomic E-state index is 6.36. The van der Waals surface area contributed by atoms with Crippen molar-refractivity contribution in [3.05, 3.63) is 56.0 Å². The van der Waals surface area contributed by atoms with Crippen LogP contribution >= 0.6 is 39.1 Å². The maximum atomic E-state index is 6.36. The first-order valence-electron chi connectivity index (χ1n) is 11.2. The number of rotatable bonds is 7. The van der Waals surface area contributed by atoms with Gasteiger partial charge in [0.15, 0.2) is 11.5 Å². The second kappa shape index (κ2) is 9.13. The Labute approximate surface area is 202 Å². The lowest BCUT2D eigenvalue weighted by atomic mass is 9.54. The van der Waals surface area contributed by atoms with Gasteiger partial charge in [-0.05, 0) is 80.0 Å². The summed E-state index contributed by atoms with van der Waals surface area (Å²) in [6.07, 6.45) is 7.08. The van der Waals surface area contributed by atoms with Gasteiger partial charge in [0.1, 0.15) is 6.61 Å². The van der Waals surface area contributed by atoms with E-state index in [1.165, 1.54) is 32.1 Å². The third kappa shape index (κ3) is 4.34. The number of benzene rings is 2. The van der Waals surface area contributed by atoms with Gasteiger partial charge in [-0.1, -0.05) is 45.2 Å². The summed E-state index contributed by atoms with van der Waals surface area (Å²) in [5.41, 5.74) is 1.86. The monoisotopic (exact) mass is 523 g/mol. The molecule has 0 radical (unpaired) electrons. The molecule has 0 saturated heterocycles. The predicted molar refractivity (Wildman–Crippen MR) is 129 cm³/mol. The lowest BCUT2D eigenvalue weighted by molar-refractivity contribution is -0.0143. The molecule has 4 saturated carbocycles. The van der Waals surface area contributed by atoms with Gasteiger partial charge in [0.05, 0.1) is 7.11 Å². The van der Waals surface area contributed by atoms with Gasteiger partial charge in [0, 0.05) is 38.2 Å². The summed E-state index contributed by atoms with van der Waals surface area (Å²) in [6.45, 7) is 1.03. The minimum atomic E-state index is 0.288. The first-order chi connectivity index (χ1) is 15.0. The van der Waals surface area contributed by atoms with Crippen molar-refractivity contribution in [2.45, 2.75) is 51.3 Å². The molecular weight excluding hydrogens is 497 g/mol. The van der Waals surface area contributed by atoms with Gasteiger partial charge in [-0.25, -0.2) is 0 Å². The molecule has 1 N–H and O–H groups in total. The Balaban J connectivity index is 1.36. The number of hydrogen-bond acceptors (Lipinski definition) is 3. The Bertz CT molecular complexity index is 919. The molecule has 2 aromatic carbocycles. The molecule has 0 unspecified atom stereocenters. The standard InChI is InChI=1S/C25H28BrCl2NO2/c1-30-23-6-5-20(26)18(25(23)31-13-19-21(27)3-2-4-22(19)28)12-29-24-16-8-14-7-15(10-16)11-17(24)9-14/h2-6,14-17,24,29H,7-13H2,1H3. The minimum Gasteiger partial charge on any atom is -0.493 e. The first kappa shape index (κ1) is 21.9. The zero-order valence-electron chi connectivity index (χ0n) is 17.7. The fourth-order valence-corrected chi connectivity index (χ4v) is 7.32. The van der Waals surface area contributed by atoms with Crippen LogP contribution in [0.2, 0.25) is 10.0 Å². The zero-order valence-corrected chi connectivity index (χ0v) is 20.8. The lowest BCUT2D eigenvalue weighted by Gasteiger charge is -2.54. The summed E-state index contributed by atoms with van der Waals surface area (Å²) in [5.74, 6) is 5.06. The van der Waals surface area contributed by atoms with E-state index in [4.69, 9.17) is 32.7 Å². The van der Waals surface area contributed by atoms with Crippen molar-refractivity contribution in [1.29, 1.82) is 0 Å². The van der Waals surface area contributed by atoms with Crippen LogP contribution in [-0.2, 0) is 13.2 Å². The summed E-state index contributed by atoms with van der Waals surface area (Å²) < 4.78 is 12.9. The molecule has 4 fully saturated rings. The van der Waals surface area contributed by atoms with E-state index >= 15 is 0 Å². The number of methoxy groups -OCH3 is 1. The highest BCUT2D eigenvalue weighted by Crippen LogP contribution is 2.54. The maximum Gasteiger partial charge on any atom is 0.167 e. The number of ether oxygens (including phenoxy) is 2. The van der Waals surface area contributed by atoms with E-state index in [1.54, 1.807) is 7.11 Å². The van der Waals surface area contributed by atoms with E-state index in [0.29, 0.717) is 21.8 Å². The average molecular weight is 525 g/mol. The largest absolute Gasteiger partial charge is 0.493 e. The smallest absolute Gasteiger partial charge is 0.167 e. The van der Waals surface area contributed by atoms with Crippen LogP contribution < -0.4 is 14.8 Å². The van der Waals surface area contributed by atoms with E-state index in [-0.39, 0.29) is 6.61 Å². The van der Waals surface area contributed by atoms with Crippen LogP contribution in [-0.4, -0.2) is 13.2 Å². The van der Waals surface area contributed by atoms with Crippen molar-refractivity contribution >= 4 is 39.1 Å². The summed E-state index contributed by atoms with van der Waals surface area (Å²) in [6, 6.07) is 10.1. The van der Waals surface area contributed by atoms with Gasteiger partial charge < -0.3 is 14.8 Å². The van der Waals surface area contributed by atoms with Gasteiger partial charge in [-0.2, -0.15) is 0 Å². The molecular formula is C25H28BrCl2NO2. The Morgan fingerprint density at radius 1 is 0.935 bits per heavy atom. The average Bonchev–Trinajstić information content (AvgIpc) is 2.74. The van der Waals surface area contributed by atoms with E-state index in [0.717, 1.165) is 51.6 Å². The second-order valence-corrected chi connectivity index (χ2v) is 11.1. The summed E-state index contributed by atoms with van der Waals surface area (Å²) in [5, 5.41) is 5.13. The topological polar surface area (TPSA) is 30.5 Å². The van der Waals surface area contributed by atoms with Crippen LogP contribution in [0.1, 0.15) is 43.2 Å². The SMILES string of the molecule is COc1ccc(Br)c(CNC2C3CC4CC(C3)CC2C4)c1OCc1c(Cl)cccc1Cl. The first-order valence-corrected chi connectivity index (χ1v) is 12.7. The van der Waals surface area contributed by atoms with Crippen molar-refractivity contribution in [2.24, 2.45) is 23.7 Å². The fourth-order valence-electron chi connectivity index (χ4n) is 6.36. The van der Waals surface area contributed by atoms with E-state index in [9.17, 15) is 0 Å². The predicted octanol–water partition coefficient (Wildman–Crippen LogP) is 7.26. The van der Waals surface area contributed by atoms with Crippen molar-refractivity contribution in [3.8, 4) is 11.5 Å². The lowest BCUT2D eigenvalue weighted by Crippen LogP contribution is -2.54. The molecule has 3 nitrogen and oxygen atoms in total. The van der Waals surface area contributed by atoms with Crippen molar-refractivity contribution in [3.63, 3.8) is 0 Å². The normalized spacial score (nSPS) is 28.7. The number of nitrogens with one attached hydrogen (secondary N) is 1. The van der Waals surface area contributed by atoms with Crippen molar-refractivity contribution in [1.82, 2.24) is 5.32 Å². The van der Waals surface area contributed by atoms with Gasteiger partial charge in [-0.3, -0.25) is 0 Å². The van der Waals surface area contributed by atoms with Gasteiger partial charge in [-0.15, -0.1) is 0 Å². The molecule has 0 spiro atoms. The van der Waals surface area contributed by atoms with E-state index in [1.807, 2.05) is 30.3 Å². The Kier molecular flexibility index (Phi) is 6.44. The molecule has 0 aliphatic heterocycles. The minimum absolute atomic E-state index is 0.288. The van der Waals surface area contributed by atoms with Crippen LogP contribution in [0.4, 0.5) is 0 Å². The zero-order chi connectivity index (χ0) is 21.5. The molecule has 6 heteroatoms. The molecule has 6 rings (SSSR count). The molecule has 0 amide bonds. The quantitative estimate of drug-likeness (QED) is 0.413. The molecule has 0 aromatic heterocycles. The van der Waals surface area contributed by atoms with E-state index < -0.39 is 0 Å². The Morgan fingerprint density at radius 2 is 1.58 bits per heavy atom. The van der Waals surface area contributed by atoms with Crippen LogP contribution in [0.25, 0.3) is 0 Å². The fraction of sp³-hybridized carbons (Fsp3) is 0.520. The molecule has 4 aliphatic carbocycles. The van der Waals surface area contributed by atoms with Gasteiger partial charge in [0.2, 0.25) is 0 Å². The number of halogens is 3.